The molecule has 4 amide bonds. The van der Waals surface area contributed by atoms with Gasteiger partial charge in [0.25, 0.3) is 0 Å². The van der Waals surface area contributed by atoms with Crippen molar-refractivity contribution in [2.24, 2.45) is 29.1 Å². The average Bonchev–Trinajstić information content (AvgIpc) is 3.37. The van der Waals surface area contributed by atoms with E-state index < -0.39 is 70.4 Å². The Hall–Kier alpha value is -4.96. The second kappa shape index (κ2) is 10.0. The fourth-order valence-corrected chi connectivity index (χ4v) is 8.31. The van der Waals surface area contributed by atoms with Crippen molar-refractivity contribution >= 4 is 52.6 Å². The summed E-state index contributed by atoms with van der Waals surface area (Å²) in [7, 11) is 0. The van der Waals surface area contributed by atoms with E-state index in [1.54, 1.807) is 43.3 Å². The number of phenols is 2. The number of hydrogen-bond acceptors (Lipinski definition) is 7. The number of halogens is 1. The van der Waals surface area contributed by atoms with Crippen molar-refractivity contribution in [3.63, 3.8) is 0 Å². The van der Waals surface area contributed by atoms with Gasteiger partial charge in [-0.15, -0.1) is 0 Å². The van der Waals surface area contributed by atoms with Gasteiger partial charge in [-0.3, -0.25) is 19.2 Å². The van der Waals surface area contributed by atoms with Gasteiger partial charge in [-0.25, -0.2) is 14.6 Å². The predicted octanol–water partition coefficient (Wildman–Crippen LogP) is 4.88. The molecule has 6 unspecified atom stereocenters. The molecule has 2 aliphatic heterocycles. The summed E-state index contributed by atoms with van der Waals surface area (Å²) in [6.07, 6.45) is 2.21. The van der Waals surface area contributed by atoms with E-state index in [0.717, 1.165) is 22.6 Å². The van der Waals surface area contributed by atoms with E-state index in [1.807, 2.05) is 6.08 Å². The van der Waals surface area contributed by atoms with Gasteiger partial charge in [-0.2, -0.15) is 0 Å². The van der Waals surface area contributed by atoms with Crippen LogP contribution in [-0.2, 0) is 19.2 Å². The van der Waals surface area contributed by atoms with Crippen LogP contribution in [0.25, 0.3) is 0 Å². The summed E-state index contributed by atoms with van der Waals surface area (Å²) in [5.41, 5.74) is 0.0701. The molecule has 2 heterocycles. The molecule has 6 atom stereocenters. The van der Waals surface area contributed by atoms with Crippen molar-refractivity contribution in [3.8, 4) is 11.5 Å². The smallest absolute Gasteiger partial charge is 0.339 e. The van der Waals surface area contributed by atoms with Crippen molar-refractivity contribution in [1.29, 1.82) is 0 Å². The molecule has 0 aromatic heterocycles. The number of nitrogens with zero attached hydrogens (tertiary/aromatic N) is 2. The Labute approximate surface area is 262 Å². The summed E-state index contributed by atoms with van der Waals surface area (Å²) in [6, 6.07) is 16.6. The molecule has 2 aliphatic carbocycles. The first-order chi connectivity index (χ1) is 21.4. The molecule has 3 N–H and O–H groups in total. The van der Waals surface area contributed by atoms with E-state index in [-0.39, 0.29) is 34.9 Å². The minimum absolute atomic E-state index is 0.0459. The van der Waals surface area contributed by atoms with E-state index in [2.05, 4.69) is 0 Å². The lowest BCUT2D eigenvalue weighted by Gasteiger charge is -2.49. The number of rotatable bonds is 4. The number of anilines is 2. The molecule has 0 spiro atoms. The van der Waals surface area contributed by atoms with Crippen LogP contribution in [0.5, 0.6) is 11.5 Å². The largest absolute Gasteiger partial charge is 0.508 e. The van der Waals surface area contributed by atoms with Gasteiger partial charge in [-0.1, -0.05) is 47.5 Å². The summed E-state index contributed by atoms with van der Waals surface area (Å²) >= 11 is 6.71. The molecule has 1 saturated carbocycles. The van der Waals surface area contributed by atoms with Crippen LogP contribution in [0.1, 0.15) is 41.6 Å². The SMILES string of the molecule is CC12C(=O)N(c3ccccc3)C(=O)C1CC1C(=CCC3C(=O)N(c4ccc(C(=O)O)c(O)c4)C(=O)C31)C2c1ccc(O)cc1Cl. The summed E-state index contributed by atoms with van der Waals surface area (Å²) < 4.78 is 0. The number of phenolic OH excluding ortho intramolecular Hbond substituents is 1. The number of carboxylic acid groups (broad SMARTS) is 1. The van der Waals surface area contributed by atoms with E-state index in [4.69, 9.17) is 11.6 Å². The van der Waals surface area contributed by atoms with Gasteiger partial charge in [0, 0.05) is 17.0 Å². The van der Waals surface area contributed by atoms with E-state index in [9.17, 15) is 39.3 Å². The summed E-state index contributed by atoms with van der Waals surface area (Å²) in [5.74, 6) is -7.65. The Morgan fingerprint density at radius 3 is 2.27 bits per heavy atom. The molecule has 228 valence electrons. The molecule has 3 aromatic carbocycles. The van der Waals surface area contributed by atoms with Gasteiger partial charge in [0.05, 0.1) is 34.5 Å². The predicted molar refractivity (Wildman–Crippen MR) is 162 cm³/mol. The van der Waals surface area contributed by atoms with E-state index in [0.29, 0.717) is 11.3 Å². The van der Waals surface area contributed by atoms with Crippen LogP contribution in [-0.4, -0.2) is 44.9 Å². The minimum Gasteiger partial charge on any atom is -0.508 e. The molecular formula is C34H27ClN2O8. The van der Waals surface area contributed by atoms with Gasteiger partial charge in [-0.05, 0) is 67.6 Å². The van der Waals surface area contributed by atoms with Crippen molar-refractivity contribution in [3.05, 3.63) is 94.5 Å². The molecule has 11 heteroatoms. The highest BCUT2D eigenvalue weighted by Crippen LogP contribution is 2.64. The zero-order chi connectivity index (χ0) is 31.9. The summed E-state index contributed by atoms with van der Waals surface area (Å²) in [5, 5.41) is 29.9. The first kappa shape index (κ1) is 28.8. The van der Waals surface area contributed by atoms with Crippen LogP contribution >= 0.6 is 11.6 Å². The second-order valence-electron chi connectivity index (χ2n) is 12.2. The van der Waals surface area contributed by atoms with Crippen LogP contribution in [0.2, 0.25) is 5.02 Å². The van der Waals surface area contributed by atoms with Gasteiger partial charge >= 0.3 is 5.97 Å². The van der Waals surface area contributed by atoms with Crippen molar-refractivity contribution < 1.29 is 39.3 Å². The third kappa shape index (κ3) is 3.98. The van der Waals surface area contributed by atoms with Crippen molar-refractivity contribution in [2.75, 3.05) is 9.80 Å². The topological polar surface area (TPSA) is 153 Å². The van der Waals surface area contributed by atoms with Crippen LogP contribution < -0.4 is 9.80 Å². The van der Waals surface area contributed by atoms with Crippen LogP contribution in [0.3, 0.4) is 0 Å². The standard InChI is InChI=1S/C34H27ClN2O8/c1-34-24(30(41)37(33(34)45)16-5-3-2-4-6-16)15-23-19(28(34)20-10-8-18(38)14-25(20)35)11-12-22-27(23)31(42)36(29(22)40)17-7-9-21(32(43)44)26(39)13-17/h2-11,13-14,22-24,27-28,38-39H,12,15H2,1H3,(H,43,44). The molecule has 2 saturated heterocycles. The maximum absolute atomic E-state index is 14.4. The summed E-state index contributed by atoms with van der Waals surface area (Å²) in [4.78, 5) is 70.0. The van der Waals surface area contributed by atoms with Gasteiger partial charge < -0.3 is 15.3 Å². The molecule has 0 radical (unpaired) electrons. The normalized spacial score (nSPS) is 28.9. The molecule has 0 bridgehead atoms. The number of benzene rings is 3. The quantitative estimate of drug-likeness (QED) is 0.274. The van der Waals surface area contributed by atoms with Crippen molar-refractivity contribution in [1.82, 2.24) is 0 Å². The van der Waals surface area contributed by atoms with Crippen LogP contribution in [0.4, 0.5) is 11.4 Å². The lowest BCUT2D eigenvalue weighted by Crippen LogP contribution is -2.49. The molecule has 3 fully saturated rings. The molecule has 10 nitrogen and oxygen atoms in total. The Kier molecular flexibility index (Phi) is 6.42. The molecule has 7 rings (SSSR count). The number of aromatic hydroxyl groups is 2. The van der Waals surface area contributed by atoms with Crippen LogP contribution in [0.15, 0.2) is 78.4 Å². The van der Waals surface area contributed by atoms with Crippen LogP contribution in [0, 0.1) is 29.1 Å². The lowest BCUT2D eigenvalue weighted by molar-refractivity contribution is -0.131. The van der Waals surface area contributed by atoms with E-state index >= 15 is 0 Å². The highest BCUT2D eigenvalue weighted by Gasteiger charge is 2.67. The Morgan fingerprint density at radius 2 is 1.60 bits per heavy atom. The number of fused-ring (bicyclic) bond motifs is 4. The zero-order valence-corrected chi connectivity index (χ0v) is 24.6. The van der Waals surface area contributed by atoms with Gasteiger partial charge in [0.15, 0.2) is 0 Å². The monoisotopic (exact) mass is 626 g/mol. The maximum atomic E-state index is 14.4. The first-order valence-electron chi connectivity index (χ1n) is 14.5. The maximum Gasteiger partial charge on any atom is 0.339 e. The number of amides is 4. The van der Waals surface area contributed by atoms with E-state index in [1.165, 1.54) is 23.1 Å². The number of allylic oxidation sites excluding steroid dienone is 2. The average molecular weight is 627 g/mol. The molecule has 45 heavy (non-hydrogen) atoms. The third-order valence-corrected chi connectivity index (χ3v) is 10.4. The highest BCUT2D eigenvalue weighted by atomic mass is 35.5. The number of hydrogen-bond donors (Lipinski definition) is 3. The summed E-state index contributed by atoms with van der Waals surface area (Å²) in [6.45, 7) is 1.75. The molecule has 4 aliphatic rings. The lowest BCUT2D eigenvalue weighted by atomic mass is 9.51. The Balaban J connectivity index is 1.35. The van der Waals surface area contributed by atoms with Crippen molar-refractivity contribution in [2.45, 2.75) is 25.7 Å². The minimum atomic E-state index is -1.36. The highest BCUT2D eigenvalue weighted by molar-refractivity contribution is 6.32. The number of para-hydroxylation sites is 1. The third-order valence-electron chi connectivity index (χ3n) is 10.1. The van der Waals surface area contributed by atoms with Gasteiger partial charge in [0.1, 0.15) is 17.1 Å². The number of carboxylic acids is 1. The fourth-order valence-electron chi connectivity index (χ4n) is 8.03. The molecular weight excluding hydrogens is 600 g/mol. The van der Waals surface area contributed by atoms with Gasteiger partial charge in [0.2, 0.25) is 23.6 Å². The molecule has 3 aromatic rings. The Bertz CT molecular complexity index is 1870. The number of carbonyl (C=O) groups is 5. The number of carbonyl (C=O) groups excluding carboxylic acids is 4. The first-order valence-corrected chi connectivity index (χ1v) is 14.9. The zero-order valence-electron chi connectivity index (χ0n) is 23.9. The number of aromatic carboxylic acids is 1. The number of imide groups is 2. The second-order valence-corrected chi connectivity index (χ2v) is 12.6. The fraction of sp³-hybridized carbons (Fsp3) is 0.265. The Morgan fingerprint density at radius 1 is 0.867 bits per heavy atom.